The lowest BCUT2D eigenvalue weighted by atomic mass is 10.2. The number of hydrogen-bond donors (Lipinski definition) is 1. The molecule has 0 saturated carbocycles. The quantitative estimate of drug-likeness (QED) is 0.771. The largest absolute Gasteiger partial charge is 0.489 e. The van der Waals surface area contributed by atoms with Gasteiger partial charge in [-0.05, 0) is 32.5 Å². The highest BCUT2D eigenvalue weighted by atomic mass is 16.5. The van der Waals surface area contributed by atoms with Crippen molar-refractivity contribution in [1.82, 2.24) is 10.3 Å². The molecular weight excluding hydrogens is 228 g/mol. The minimum absolute atomic E-state index is 0.134. The molecule has 0 radical (unpaired) electrons. The van der Waals surface area contributed by atoms with E-state index in [0.717, 1.165) is 36.6 Å². The monoisotopic (exact) mass is 252 g/mol. The summed E-state index contributed by atoms with van der Waals surface area (Å²) in [5, 5.41) is 3.28. The molecule has 0 spiro atoms. The van der Waals surface area contributed by atoms with Gasteiger partial charge in [0.15, 0.2) is 0 Å². The van der Waals surface area contributed by atoms with Gasteiger partial charge in [0, 0.05) is 32.4 Å². The highest BCUT2D eigenvalue weighted by Crippen LogP contribution is 2.19. The van der Waals surface area contributed by atoms with Gasteiger partial charge in [0.05, 0.1) is 11.8 Å². The van der Waals surface area contributed by atoms with Gasteiger partial charge in [-0.2, -0.15) is 0 Å². The van der Waals surface area contributed by atoms with Crippen LogP contribution >= 0.6 is 0 Å². The Balaban J connectivity index is 2.67. The normalized spacial score (nSPS) is 12.4. The highest BCUT2D eigenvalue weighted by Gasteiger charge is 2.09. The Labute approximate surface area is 110 Å². The smallest absolute Gasteiger partial charge is 0.142 e. The average molecular weight is 252 g/mol. The molecule has 1 aromatic heterocycles. The van der Waals surface area contributed by atoms with E-state index in [-0.39, 0.29) is 6.10 Å². The zero-order valence-corrected chi connectivity index (χ0v) is 11.8. The first-order valence-electron chi connectivity index (χ1n) is 6.50. The molecule has 4 nitrogen and oxygen atoms in total. The molecule has 0 bridgehead atoms. The van der Waals surface area contributed by atoms with Crippen LogP contribution in [0.5, 0.6) is 5.75 Å². The Hall–Kier alpha value is -1.13. The van der Waals surface area contributed by atoms with Gasteiger partial charge in [-0.15, -0.1) is 0 Å². The minimum atomic E-state index is 0.134. The number of aromatic nitrogens is 1. The molecule has 102 valence electrons. The van der Waals surface area contributed by atoms with Gasteiger partial charge in [0.25, 0.3) is 0 Å². The van der Waals surface area contributed by atoms with Crippen LogP contribution in [0.2, 0.25) is 0 Å². The van der Waals surface area contributed by atoms with Gasteiger partial charge in [-0.1, -0.05) is 6.92 Å². The summed E-state index contributed by atoms with van der Waals surface area (Å²) in [5.74, 6) is 0.866. The molecule has 0 saturated heterocycles. The lowest BCUT2D eigenvalue weighted by molar-refractivity contribution is 0.134. The molecule has 1 heterocycles. The van der Waals surface area contributed by atoms with E-state index >= 15 is 0 Å². The van der Waals surface area contributed by atoms with Crippen LogP contribution in [0.4, 0.5) is 0 Å². The van der Waals surface area contributed by atoms with Crippen LogP contribution in [0.3, 0.4) is 0 Å². The first-order valence-corrected chi connectivity index (χ1v) is 6.50. The third-order valence-electron chi connectivity index (χ3n) is 2.67. The van der Waals surface area contributed by atoms with Gasteiger partial charge in [0.1, 0.15) is 5.75 Å². The highest BCUT2D eigenvalue weighted by molar-refractivity contribution is 5.29. The predicted molar refractivity (Wildman–Crippen MR) is 72.9 cm³/mol. The van der Waals surface area contributed by atoms with Crippen LogP contribution in [0.15, 0.2) is 12.1 Å². The van der Waals surface area contributed by atoms with E-state index in [1.807, 2.05) is 19.1 Å². The van der Waals surface area contributed by atoms with Crippen LogP contribution in [0.1, 0.15) is 31.7 Å². The van der Waals surface area contributed by atoms with Gasteiger partial charge in [0.2, 0.25) is 0 Å². The van der Waals surface area contributed by atoms with Crippen LogP contribution in [-0.4, -0.2) is 31.3 Å². The van der Waals surface area contributed by atoms with Crippen molar-refractivity contribution in [3.63, 3.8) is 0 Å². The van der Waals surface area contributed by atoms with E-state index in [9.17, 15) is 0 Å². The second-order valence-corrected chi connectivity index (χ2v) is 4.39. The lowest BCUT2D eigenvalue weighted by Gasteiger charge is -2.17. The molecule has 1 unspecified atom stereocenters. The summed E-state index contributed by atoms with van der Waals surface area (Å²) in [7, 11) is 1.71. The molecule has 0 amide bonds. The average Bonchev–Trinajstić information content (AvgIpc) is 2.36. The molecule has 1 aromatic rings. The van der Waals surface area contributed by atoms with Crippen molar-refractivity contribution in [3.8, 4) is 5.75 Å². The first-order chi connectivity index (χ1) is 8.67. The van der Waals surface area contributed by atoms with Crippen LogP contribution in [-0.2, 0) is 11.3 Å². The third-order valence-corrected chi connectivity index (χ3v) is 2.67. The maximum Gasteiger partial charge on any atom is 0.142 e. The maximum atomic E-state index is 5.92. The molecule has 0 aromatic carbocycles. The molecule has 0 aliphatic carbocycles. The second-order valence-electron chi connectivity index (χ2n) is 4.39. The van der Waals surface area contributed by atoms with Gasteiger partial charge in [-0.3, -0.25) is 4.98 Å². The molecule has 1 rings (SSSR count). The van der Waals surface area contributed by atoms with Crippen molar-refractivity contribution >= 4 is 0 Å². The Bertz CT molecular complexity index is 356. The number of pyridine rings is 1. The fraction of sp³-hybridized carbons (Fsp3) is 0.643. The number of methoxy groups -OCH3 is 1. The van der Waals surface area contributed by atoms with Crippen LogP contribution < -0.4 is 10.1 Å². The van der Waals surface area contributed by atoms with E-state index < -0.39 is 0 Å². The van der Waals surface area contributed by atoms with Gasteiger partial charge >= 0.3 is 0 Å². The van der Waals surface area contributed by atoms with Crippen molar-refractivity contribution < 1.29 is 9.47 Å². The standard InChI is InChI=1S/C14H24N2O2/c1-5-15-10-13-14(7-6-11(2)16-13)18-12(3)8-9-17-4/h6-7,12,15H,5,8-10H2,1-4H3. The van der Waals surface area contributed by atoms with Crippen LogP contribution in [0.25, 0.3) is 0 Å². The van der Waals surface area contributed by atoms with Crippen molar-refractivity contribution in [2.75, 3.05) is 20.3 Å². The topological polar surface area (TPSA) is 43.4 Å². The summed E-state index contributed by atoms with van der Waals surface area (Å²) in [4.78, 5) is 4.53. The van der Waals surface area contributed by atoms with Crippen molar-refractivity contribution in [3.05, 3.63) is 23.5 Å². The van der Waals surface area contributed by atoms with E-state index in [4.69, 9.17) is 9.47 Å². The molecule has 1 N–H and O–H groups in total. The zero-order valence-electron chi connectivity index (χ0n) is 11.8. The van der Waals surface area contributed by atoms with E-state index in [0.29, 0.717) is 6.61 Å². The Morgan fingerprint density at radius 3 is 2.83 bits per heavy atom. The molecule has 0 fully saturated rings. The van der Waals surface area contributed by atoms with E-state index in [2.05, 4.69) is 24.1 Å². The fourth-order valence-corrected chi connectivity index (χ4v) is 1.63. The minimum Gasteiger partial charge on any atom is -0.489 e. The molecule has 18 heavy (non-hydrogen) atoms. The zero-order chi connectivity index (χ0) is 13.4. The number of aryl methyl sites for hydroxylation is 1. The Kier molecular flexibility index (Phi) is 6.68. The molecular formula is C14H24N2O2. The number of nitrogens with zero attached hydrogens (tertiary/aromatic N) is 1. The van der Waals surface area contributed by atoms with E-state index in [1.54, 1.807) is 7.11 Å². The predicted octanol–water partition coefficient (Wildman–Crippen LogP) is 2.30. The van der Waals surface area contributed by atoms with Crippen LogP contribution in [0, 0.1) is 6.92 Å². The second kappa shape index (κ2) is 8.06. The molecule has 0 aliphatic rings. The molecule has 0 aliphatic heterocycles. The molecule has 1 atom stereocenters. The summed E-state index contributed by atoms with van der Waals surface area (Å²) in [6.07, 6.45) is 1.01. The van der Waals surface area contributed by atoms with Crippen molar-refractivity contribution in [1.29, 1.82) is 0 Å². The van der Waals surface area contributed by atoms with Gasteiger partial charge < -0.3 is 14.8 Å². The number of rotatable bonds is 8. The fourth-order valence-electron chi connectivity index (χ4n) is 1.63. The van der Waals surface area contributed by atoms with Gasteiger partial charge in [-0.25, -0.2) is 0 Å². The summed E-state index contributed by atoms with van der Waals surface area (Å²) in [6.45, 7) is 8.50. The Morgan fingerprint density at radius 2 is 2.17 bits per heavy atom. The number of nitrogens with one attached hydrogen (secondary N) is 1. The first kappa shape index (κ1) is 14.9. The van der Waals surface area contributed by atoms with Crippen molar-refractivity contribution in [2.45, 2.75) is 39.8 Å². The maximum absolute atomic E-state index is 5.92. The number of ether oxygens (including phenoxy) is 2. The summed E-state index contributed by atoms with van der Waals surface area (Å²) < 4.78 is 11.0. The SMILES string of the molecule is CCNCc1nc(C)ccc1OC(C)CCOC. The third kappa shape index (κ3) is 5.02. The van der Waals surface area contributed by atoms with E-state index in [1.165, 1.54) is 0 Å². The summed E-state index contributed by atoms with van der Waals surface area (Å²) >= 11 is 0. The van der Waals surface area contributed by atoms with Crippen molar-refractivity contribution in [2.24, 2.45) is 0 Å². The summed E-state index contributed by atoms with van der Waals surface area (Å²) in [6, 6.07) is 3.98. The lowest BCUT2D eigenvalue weighted by Crippen LogP contribution is -2.18. The Morgan fingerprint density at radius 1 is 1.39 bits per heavy atom. The molecule has 4 heteroatoms. The summed E-state index contributed by atoms with van der Waals surface area (Å²) in [5.41, 5.74) is 1.99. The number of hydrogen-bond acceptors (Lipinski definition) is 4.